The number of hydrogen-bond acceptors (Lipinski definition) is 4. The van der Waals surface area contributed by atoms with Crippen LogP contribution < -0.4 is 0 Å². The molecule has 1 aliphatic heterocycles. The van der Waals surface area contributed by atoms with Gasteiger partial charge < -0.3 is 9.84 Å². The molecular formula is C27H40O4. The van der Waals surface area contributed by atoms with Gasteiger partial charge >= 0.3 is 5.97 Å². The zero-order valence-electron chi connectivity index (χ0n) is 20.1. The number of carbonyl (C=O) groups excluding carboxylic acids is 2. The highest BCUT2D eigenvalue weighted by Crippen LogP contribution is 2.89. The molecule has 0 amide bonds. The maximum atomic E-state index is 12.8. The second-order valence-corrected chi connectivity index (χ2v) is 13.7. The van der Waals surface area contributed by atoms with Crippen molar-refractivity contribution in [3.63, 3.8) is 0 Å². The predicted octanol–water partition coefficient (Wildman–Crippen LogP) is 5.06. The standard InChI is InChI=1S/C27H40O4/c1-22(2)18-14-16(28)21-24(4)9-6-17(25(5)10-8-20(30)31-25)23(24,3)12-13-27(21)15-26(18,27)11-7-19(22)29/h16-18,21,28H,6-15H2,1-5H3/t16-,17-,18-,21-,23+,24-,25?,26+,27-/m0/s1. The number of fused-ring (bicyclic) bond motifs is 2. The Morgan fingerprint density at radius 3 is 2.26 bits per heavy atom. The largest absolute Gasteiger partial charge is 0.459 e. The van der Waals surface area contributed by atoms with Gasteiger partial charge in [-0.1, -0.05) is 27.7 Å². The van der Waals surface area contributed by atoms with E-state index in [0.717, 1.165) is 44.9 Å². The summed E-state index contributed by atoms with van der Waals surface area (Å²) in [6.07, 6.45) is 9.35. The summed E-state index contributed by atoms with van der Waals surface area (Å²) < 4.78 is 5.98. The van der Waals surface area contributed by atoms with Crippen molar-refractivity contribution < 1.29 is 19.4 Å². The van der Waals surface area contributed by atoms with E-state index in [2.05, 4.69) is 34.6 Å². The fourth-order valence-electron chi connectivity index (χ4n) is 11.1. The maximum absolute atomic E-state index is 12.8. The molecule has 0 aromatic rings. The van der Waals surface area contributed by atoms with E-state index in [4.69, 9.17) is 4.74 Å². The average Bonchev–Trinajstić information content (AvgIpc) is 3.06. The summed E-state index contributed by atoms with van der Waals surface area (Å²) in [4.78, 5) is 24.9. The molecule has 4 heteroatoms. The van der Waals surface area contributed by atoms with Crippen molar-refractivity contribution in [2.75, 3.05) is 0 Å². The van der Waals surface area contributed by atoms with Gasteiger partial charge in [0.05, 0.1) is 6.10 Å². The molecule has 0 bridgehead atoms. The monoisotopic (exact) mass is 428 g/mol. The summed E-state index contributed by atoms with van der Waals surface area (Å²) in [7, 11) is 0. The summed E-state index contributed by atoms with van der Waals surface area (Å²) in [5.41, 5.74) is -0.0344. The fourth-order valence-corrected chi connectivity index (χ4v) is 11.1. The third-order valence-corrected chi connectivity index (χ3v) is 12.7. The Balaban J connectivity index is 1.40. The van der Waals surface area contributed by atoms with E-state index < -0.39 is 0 Å². The van der Waals surface area contributed by atoms with Crippen LogP contribution in [0, 0.1) is 44.8 Å². The Morgan fingerprint density at radius 2 is 1.58 bits per heavy atom. The molecule has 9 atom stereocenters. The lowest BCUT2D eigenvalue weighted by Crippen LogP contribution is -2.62. The lowest BCUT2D eigenvalue weighted by atomic mass is 9.41. The summed E-state index contributed by atoms with van der Waals surface area (Å²) in [6.45, 7) is 11.4. The molecule has 6 rings (SSSR count). The van der Waals surface area contributed by atoms with E-state index in [1.807, 2.05) is 0 Å². The van der Waals surface area contributed by atoms with E-state index in [1.54, 1.807) is 0 Å². The van der Waals surface area contributed by atoms with Crippen molar-refractivity contribution in [3.05, 3.63) is 0 Å². The van der Waals surface area contributed by atoms with Crippen molar-refractivity contribution in [1.29, 1.82) is 0 Å². The third-order valence-electron chi connectivity index (χ3n) is 12.7. The number of hydrogen-bond donors (Lipinski definition) is 1. The number of ketones is 1. The van der Waals surface area contributed by atoms with Gasteiger partial charge in [-0.05, 0) is 91.8 Å². The highest BCUT2D eigenvalue weighted by Gasteiger charge is 2.84. The smallest absolute Gasteiger partial charge is 0.306 e. The lowest BCUT2D eigenvalue weighted by molar-refractivity contribution is -0.200. The number of aliphatic hydroxyl groups is 1. The van der Waals surface area contributed by atoms with Crippen LogP contribution in [0.3, 0.4) is 0 Å². The van der Waals surface area contributed by atoms with Crippen molar-refractivity contribution in [2.24, 2.45) is 44.8 Å². The minimum absolute atomic E-state index is 0.0391. The molecular weight excluding hydrogens is 388 g/mol. The Morgan fingerprint density at radius 1 is 0.839 bits per heavy atom. The molecule has 0 aromatic carbocycles. The number of aliphatic hydroxyl groups excluding tert-OH is 1. The molecule has 6 aliphatic rings. The Bertz CT molecular complexity index is 878. The highest BCUT2D eigenvalue weighted by molar-refractivity contribution is 5.86. The van der Waals surface area contributed by atoms with Crippen LogP contribution in [0.5, 0.6) is 0 Å². The second kappa shape index (κ2) is 5.59. The molecule has 1 saturated heterocycles. The molecule has 31 heavy (non-hydrogen) atoms. The fraction of sp³-hybridized carbons (Fsp3) is 0.926. The van der Waals surface area contributed by atoms with E-state index in [1.165, 1.54) is 12.8 Å². The molecule has 6 fully saturated rings. The summed E-state index contributed by atoms with van der Waals surface area (Å²) in [6, 6.07) is 0. The predicted molar refractivity (Wildman–Crippen MR) is 117 cm³/mol. The van der Waals surface area contributed by atoms with E-state index >= 15 is 0 Å². The Kier molecular flexibility index (Phi) is 3.73. The van der Waals surface area contributed by atoms with Gasteiger partial charge in [-0.2, -0.15) is 0 Å². The average molecular weight is 429 g/mol. The van der Waals surface area contributed by atoms with Crippen LogP contribution in [-0.4, -0.2) is 28.6 Å². The van der Waals surface area contributed by atoms with Crippen LogP contribution in [0.15, 0.2) is 0 Å². The molecule has 1 N–H and O–H groups in total. The van der Waals surface area contributed by atoms with Crippen LogP contribution in [-0.2, 0) is 14.3 Å². The normalized spacial score (nSPS) is 59.3. The van der Waals surface area contributed by atoms with Gasteiger partial charge in [-0.25, -0.2) is 0 Å². The zero-order valence-corrected chi connectivity index (χ0v) is 20.1. The van der Waals surface area contributed by atoms with Crippen LogP contribution in [0.2, 0.25) is 0 Å². The Labute approximate surface area is 186 Å². The minimum atomic E-state index is -0.350. The highest BCUT2D eigenvalue weighted by atomic mass is 16.6. The molecule has 4 nitrogen and oxygen atoms in total. The van der Waals surface area contributed by atoms with Crippen LogP contribution in [0.25, 0.3) is 0 Å². The molecule has 172 valence electrons. The number of ether oxygens (including phenoxy) is 1. The van der Waals surface area contributed by atoms with Gasteiger partial charge in [0, 0.05) is 24.2 Å². The first-order chi connectivity index (χ1) is 14.4. The zero-order chi connectivity index (χ0) is 22.2. The molecule has 5 saturated carbocycles. The van der Waals surface area contributed by atoms with E-state index in [9.17, 15) is 14.7 Å². The van der Waals surface area contributed by atoms with Crippen LogP contribution in [0.1, 0.15) is 98.8 Å². The first-order valence-corrected chi connectivity index (χ1v) is 12.8. The minimum Gasteiger partial charge on any atom is -0.459 e. The Hall–Kier alpha value is -0.900. The van der Waals surface area contributed by atoms with Crippen LogP contribution in [0.4, 0.5) is 0 Å². The van der Waals surface area contributed by atoms with Crippen molar-refractivity contribution >= 4 is 11.8 Å². The molecule has 0 aromatic heterocycles. The molecule has 1 unspecified atom stereocenters. The SMILES string of the molecule is CC1([C@H]2CC[C@@]3(C)[C@@H]4[C@@H](O)C[C@H]5C(C)(C)C(=O)CC[C@@]56C[C@@]46CC[C@]23C)CCC(=O)O1. The number of rotatable bonds is 1. The van der Waals surface area contributed by atoms with Gasteiger partial charge in [0.15, 0.2) is 0 Å². The van der Waals surface area contributed by atoms with Crippen molar-refractivity contribution in [1.82, 2.24) is 0 Å². The first kappa shape index (κ1) is 20.7. The van der Waals surface area contributed by atoms with Crippen molar-refractivity contribution in [2.45, 2.75) is 111 Å². The molecule has 1 heterocycles. The van der Waals surface area contributed by atoms with Gasteiger partial charge in [0.2, 0.25) is 0 Å². The van der Waals surface area contributed by atoms with E-state index in [-0.39, 0.29) is 44.7 Å². The van der Waals surface area contributed by atoms with Crippen LogP contribution >= 0.6 is 0 Å². The summed E-state index contributed by atoms with van der Waals surface area (Å²) in [5.74, 6) is 1.37. The maximum Gasteiger partial charge on any atom is 0.306 e. The van der Waals surface area contributed by atoms with E-state index in [0.29, 0.717) is 30.0 Å². The first-order valence-electron chi connectivity index (χ1n) is 12.8. The number of Topliss-reactive ketones (excluding diaryl/α,β-unsaturated/α-hetero) is 1. The third kappa shape index (κ3) is 2.09. The number of esters is 1. The van der Waals surface area contributed by atoms with Crippen molar-refractivity contribution in [3.8, 4) is 0 Å². The van der Waals surface area contributed by atoms with Gasteiger partial charge in [-0.15, -0.1) is 0 Å². The lowest BCUT2D eigenvalue weighted by Gasteiger charge is -2.64. The number of cyclic esters (lactones) is 1. The number of carbonyl (C=O) groups is 2. The molecule has 2 spiro atoms. The summed E-state index contributed by atoms with van der Waals surface area (Å²) >= 11 is 0. The van der Waals surface area contributed by atoms with Gasteiger partial charge in [0.1, 0.15) is 11.4 Å². The second-order valence-electron chi connectivity index (χ2n) is 13.7. The molecule has 0 radical (unpaired) electrons. The quantitative estimate of drug-likeness (QED) is 0.593. The van der Waals surface area contributed by atoms with Gasteiger partial charge in [0.25, 0.3) is 0 Å². The summed E-state index contributed by atoms with van der Waals surface area (Å²) in [5, 5.41) is 11.7. The van der Waals surface area contributed by atoms with Gasteiger partial charge in [-0.3, -0.25) is 9.59 Å². The topological polar surface area (TPSA) is 63.6 Å². The molecule has 5 aliphatic carbocycles.